The zero-order chi connectivity index (χ0) is 21.1. The van der Waals surface area contributed by atoms with E-state index in [4.69, 9.17) is 11.6 Å². The van der Waals surface area contributed by atoms with Crippen molar-refractivity contribution in [2.24, 2.45) is 5.92 Å². The molecule has 1 saturated heterocycles. The Morgan fingerprint density at radius 1 is 1.20 bits per heavy atom. The molecule has 0 bridgehead atoms. The van der Waals surface area contributed by atoms with Crippen LogP contribution >= 0.6 is 11.6 Å². The number of fused-ring (bicyclic) bond motifs is 1. The van der Waals surface area contributed by atoms with Crippen molar-refractivity contribution in [3.63, 3.8) is 0 Å². The van der Waals surface area contributed by atoms with Crippen molar-refractivity contribution in [2.75, 3.05) is 26.2 Å². The number of H-pyrrole nitrogens is 1. The molecule has 30 heavy (non-hydrogen) atoms. The van der Waals surface area contributed by atoms with Gasteiger partial charge in [0.15, 0.2) is 0 Å². The zero-order valence-corrected chi connectivity index (χ0v) is 18.6. The van der Waals surface area contributed by atoms with Crippen molar-refractivity contribution in [1.29, 1.82) is 0 Å². The Morgan fingerprint density at radius 3 is 2.77 bits per heavy atom. The molecular weight excluding hydrogens is 394 g/mol. The maximum Gasteiger partial charge on any atom is 0.270 e. The Labute approximate surface area is 183 Å². The van der Waals surface area contributed by atoms with Crippen molar-refractivity contribution in [2.45, 2.75) is 33.2 Å². The summed E-state index contributed by atoms with van der Waals surface area (Å²) in [4.78, 5) is 20.9. The largest absolute Gasteiger partial charge is 0.351 e. The van der Waals surface area contributed by atoms with Gasteiger partial charge in [0, 0.05) is 42.1 Å². The molecule has 4 rings (SSSR count). The van der Waals surface area contributed by atoms with Crippen molar-refractivity contribution < 1.29 is 4.79 Å². The van der Waals surface area contributed by atoms with Crippen LogP contribution in [0.3, 0.4) is 0 Å². The second-order valence-corrected chi connectivity index (χ2v) is 8.92. The molecule has 1 unspecified atom stereocenters. The Kier molecular flexibility index (Phi) is 6.45. The van der Waals surface area contributed by atoms with Crippen LogP contribution in [0, 0.1) is 12.8 Å². The summed E-state index contributed by atoms with van der Waals surface area (Å²) >= 11 is 6.09. The molecule has 1 fully saturated rings. The van der Waals surface area contributed by atoms with Gasteiger partial charge >= 0.3 is 0 Å². The van der Waals surface area contributed by atoms with Crippen molar-refractivity contribution in [1.82, 2.24) is 14.8 Å². The van der Waals surface area contributed by atoms with Gasteiger partial charge in [-0.1, -0.05) is 41.4 Å². The molecule has 1 amide bonds. The van der Waals surface area contributed by atoms with Crippen molar-refractivity contribution in [3.05, 3.63) is 70.4 Å². The van der Waals surface area contributed by atoms with Gasteiger partial charge in [0.05, 0.1) is 0 Å². The van der Waals surface area contributed by atoms with Crippen LogP contribution in [-0.4, -0.2) is 46.9 Å². The number of nitrogens with zero attached hydrogens (tertiary/aromatic N) is 2. The van der Waals surface area contributed by atoms with Crippen LogP contribution in [0.2, 0.25) is 5.02 Å². The molecule has 1 aliphatic heterocycles. The Morgan fingerprint density at radius 2 is 2.00 bits per heavy atom. The van der Waals surface area contributed by atoms with E-state index in [1.165, 1.54) is 24.0 Å². The number of piperidine rings is 1. The van der Waals surface area contributed by atoms with E-state index in [0.29, 0.717) is 23.2 Å². The van der Waals surface area contributed by atoms with Gasteiger partial charge in [-0.15, -0.1) is 0 Å². The van der Waals surface area contributed by atoms with E-state index in [1.807, 2.05) is 29.2 Å². The summed E-state index contributed by atoms with van der Waals surface area (Å²) in [5.74, 6) is 0.576. The number of carbonyl (C=O) groups is 1. The predicted molar refractivity (Wildman–Crippen MR) is 124 cm³/mol. The molecule has 2 heterocycles. The molecule has 1 aromatic heterocycles. The number of benzene rings is 2. The molecule has 1 atom stereocenters. The third-order valence-electron chi connectivity index (χ3n) is 6.09. The van der Waals surface area contributed by atoms with E-state index in [0.717, 1.165) is 37.1 Å². The summed E-state index contributed by atoms with van der Waals surface area (Å²) in [6.45, 7) is 8.86. The van der Waals surface area contributed by atoms with Crippen LogP contribution < -0.4 is 0 Å². The number of amides is 1. The molecule has 0 aliphatic carbocycles. The molecule has 4 nitrogen and oxygen atoms in total. The summed E-state index contributed by atoms with van der Waals surface area (Å²) in [6, 6.07) is 16.4. The summed E-state index contributed by atoms with van der Waals surface area (Å²) < 4.78 is 0. The molecule has 0 spiro atoms. The number of aryl methyl sites for hydroxylation is 1. The minimum Gasteiger partial charge on any atom is -0.351 e. The third kappa shape index (κ3) is 4.88. The highest BCUT2D eigenvalue weighted by atomic mass is 35.5. The number of hydrogen-bond donors (Lipinski definition) is 1. The zero-order valence-electron chi connectivity index (χ0n) is 17.8. The predicted octanol–water partition coefficient (Wildman–Crippen LogP) is 5.50. The van der Waals surface area contributed by atoms with E-state index in [1.54, 1.807) is 0 Å². The van der Waals surface area contributed by atoms with Gasteiger partial charge in [0.1, 0.15) is 5.69 Å². The lowest BCUT2D eigenvalue weighted by molar-refractivity contribution is 0.0680. The Balaban J connectivity index is 1.40. The normalized spacial score (nSPS) is 17.4. The summed E-state index contributed by atoms with van der Waals surface area (Å²) in [6.07, 6.45) is 2.36. The third-order valence-corrected chi connectivity index (χ3v) is 6.33. The van der Waals surface area contributed by atoms with Gasteiger partial charge in [-0.3, -0.25) is 9.69 Å². The number of carbonyl (C=O) groups excluding carboxylic acids is 1. The molecule has 0 radical (unpaired) electrons. The molecule has 5 heteroatoms. The molecule has 2 aromatic carbocycles. The molecule has 1 N–H and O–H groups in total. The molecule has 3 aromatic rings. The smallest absolute Gasteiger partial charge is 0.270 e. The first-order valence-corrected chi connectivity index (χ1v) is 11.2. The maximum absolute atomic E-state index is 13.2. The second kappa shape index (κ2) is 9.23. The number of hydrogen-bond acceptors (Lipinski definition) is 2. The Bertz CT molecular complexity index is 1010. The average molecular weight is 424 g/mol. The lowest BCUT2D eigenvalue weighted by atomic mass is 9.96. The lowest BCUT2D eigenvalue weighted by Gasteiger charge is -2.35. The van der Waals surface area contributed by atoms with Crippen LogP contribution in [0.1, 0.15) is 41.4 Å². The summed E-state index contributed by atoms with van der Waals surface area (Å²) in [5.41, 5.74) is 4.25. The molecule has 0 saturated carbocycles. The van der Waals surface area contributed by atoms with Gasteiger partial charge in [-0.05, 0) is 69.0 Å². The number of halogens is 1. The van der Waals surface area contributed by atoms with Crippen LogP contribution in [0.4, 0.5) is 0 Å². The molecule has 1 aliphatic rings. The summed E-state index contributed by atoms with van der Waals surface area (Å²) in [7, 11) is 0. The highest BCUT2D eigenvalue weighted by Crippen LogP contribution is 2.23. The number of aromatic nitrogens is 1. The van der Waals surface area contributed by atoms with E-state index in [-0.39, 0.29) is 5.91 Å². The van der Waals surface area contributed by atoms with Crippen molar-refractivity contribution >= 4 is 28.4 Å². The van der Waals surface area contributed by atoms with Crippen LogP contribution in [0.15, 0.2) is 48.5 Å². The highest BCUT2D eigenvalue weighted by Gasteiger charge is 2.25. The second-order valence-electron chi connectivity index (χ2n) is 8.49. The first-order valence-electron chi connectivity index (χ1n) is 10.9. The van der Waals surface area contributed by atoms with Gasteiger partial charge in [-0.25, -0.2) is 0 Å². The standard InChI is InChI=1S/C25H30ClN3O/c1-3-29(25(30)24-14-21-13-22(26)10-11-23(21)27-24)17-20-5-4-12-28(16-20)15-19-8-6-18(2)7-9-19/h6-11,13-14,20,27H,3-5,12,15-17H2,1-2H3. The first-order chi connectivity index (χ1) is 14.5. The fourth-order valence-corrected chi connectivity index (χ4v) is 4.63. The number of aromatic amines is 1. The molecule has 158 valence electrons. The van der Waals surface area contributed by atoms with Gasteiger partial charge in [-0.2, -0.15) is 0 Å². The van der Waals surface area contributed by atoms with E-state index in [2.05, 4.69) is 48.0 Å². The highest BCUT2D eigenvalue weighted by molar-refractivity contribution is 6.31. The first kappa shape index (κ1) is 21.0. The lowest BCUT2D eigenvalue weighted by Crippen LogP contribution is -2.42. The van der Waals surface area contributed by atoms with Crippen LogP contribution in [0.25, 0.3) is 10.9 Å². The Hall–Kier alpha value is -2.30. The minimum absolute atomic E-state index is 0.0699. The average Bonchev–Trinajstić information content (AvgIpc) is 3.17. The summed E-state index contributed by atoms with van der Waals surface area (Å²) in [5, 5.41) is 1.66. The van der Waals surface area contributed by atoms with E-state index in [9.17, 15) is 4.79 Å². The minimum atomic E-state index is 0.0699. The SMILES string of the molecule is CCN(CC1CCCN(Cc2ccc(C)cc2)C1)C(=O)c1cc2cc(Cl)ccc2[nH]1. The fourth-order valence-electron chi connectivity index (χ4n) is 4.45. The topological polar surface area (TPSA) is 39.3 Å². The quantitative estimate of drug-likeness (QED) is 0.568. The maximum atomic E-state index is 13.2. The van der Waals surface area contributed by atoms with E-state index < -0.39 is 0 Å². The van der Waals surface area contributed by atoms with E-state index >= 15 is 0 Å². The number of rotatable bonds is 6. The number of nitrogens with one attached hydrogen (secondary N) is 1. The monoisotopic (exact) mass is 423 g/mol. The van der Waals surface area contributed by atoms with Gasteiger partial charge in [0.25, 0.3) is 5.91 Å². The van der Waals surface area contributed by atoms with Crippen molar-refractivity contribution in [3.8, 4) is 0 Å². The van der Waals surface area contributed by atoms with Gasteiger partial charge < -0.3 is 9.88 Å². The number of likely N-dealkylation sites (tertiary alicyclic amines) is 1. The van der Waals surface area contributed by atoms with Crippen LogP contribution in [0.5, 0.6) is 0 Å². The van der Waals surface area contributed by atoms with Crippen LogP contribution in [-0.2, 0) is 6.54 Å². The molecular formula is C25H30ClN3O. The fraction of sp³-hybridized carbons (Fsp3) is 0.400. The van der Waals surface area contributed by atoms with Gasteiger partial charge in [0.2, 0.25) is 0 Å².